The first-order chi connectivity index (χ1) is 22.7. The van der Waals surface area contributed by atoms with Crippen molar-refractivity contribution in [2.24, 2.45) is 0 Å². The maximum absolute atomic E-state index is 8.57. The molecule has 3 aromatic heterocycles. The van der Waals surface area contributed by atoms with Crippen molar-refractivity contribution < 1.29 is 20.9 Å². The molecule has 0 atom stereocenters. The molecule has 0 aliphatic carbocycles. The summed E-state index contributed by atoms with van der Waals surface area (Å²) in [6.07, 6.45) is 1.14. The van der Waals surface area contributed by atoms with Crippen LogP contribution in [0.4, 0.5) is 0 Å². The predicted octanol–water partition coefficient (Wildman–Crippen LogP) is 9.23. The Bertz CT molecular complexity index is 2260. The fourth-order valence-corrected chi connectivity index (χ4v) is 4.87. The molecule has 3 aromatic carbocycles. The van der Waals surface area contributed by atoms with E-state index in [4.69, 9.17) is 20.9 Å². The summed E-state index contributed by atoms with van der Waals surface area (Å²) in [5, 5.41) is 1.16. The Morgan fingerprint density at radius 1 is 0.676 bits per heavy atom. The summed E-state index contributed by atoms with van der Waals surface area (Å²) in [6, 6.07) is 18.0. The van der Waals surface area contributed by atoms with Crippen molar-refractivity contribution in [2.75, 3.05) is 0 Å². The van der Waals surface area contributed by atoms with Crippen LogP contribution in [-0.4, -0.2) is 9.97 Å². The minimum Gasteiger partial charge on any atom is -0.437 e. The minimum atomic E-state index is -2.96. The molecular weight excluding hydrogens is 452 g/mol. The van der Waals surface area contributed by atoms with Crippen molar-refractivity contribution in [1.29, 1.82) is 0 Å². The highest BCUT2D eigenvalue weighted by molar-refractivity contribution is 6.08. The first-order valence-corrected chi connectivity index (χ1v) is 11.8. The van der Waals surface area contributed by atoms with E-state index in [9.17, 15) is 0 Å². The van der Waals surface area contributed by atoms with Crippen LogP contribution in [0.25, 0.3) is 55.6 Å². The number of rotatable bonds is 3. The number of hydrogen-bond acceptors (Lipinski definition) is 3. The van der Waals surface area contributed by atoms with Crippen LogP contribution >= 0.6 is 0 Å². The Morgan fingerprint density at radius 2 is 1.49 bits per heavy atom. The monoisotopic (exact) mass is 494 g/mol. The molecule has 6 aromatic rings. The van der Waals surface area contributed by atoms with E-state index in [0.717, 1.165) is 17.3 Å². The number of para-hydroxylation sites is 1. The third-order valence-corrected chi connectivity index (χ3v) is 6.71. The molecule has 3 heterocycles. The van der Waals surface area contributed by atoms with Crippen molar-refractivity contribution in [3.8, 4) is 33.5 Å². The Morgan fingerprint density at radius 3 is 2.24 bits per heavy atom. The highest BCUT2D eigenvalue weighted by Crippen LogP contribution is 2.39. The fourth-order valence-electron chi connectivity index (χ4n) is 4.87. The van der Waals surface area contributed by atoms with Crippen LogP contribution in [0.1, 0.15) is 50.0 Å². The molecule has 182 valence electrons. The van der Waals surface area contributed by atoms with Gasteiger partial charge in [-0.15, -0.1) is 0 Å². The zero-order chi connectivity index (χ0) is 35.8. The number of benzene rings is 3. The summed E-state index contributed by atoms with van der Waals surface area (Å²) >= 11 is 0. The van der Waals surface area contributed by atoms with Gasteiger partial charge in [-0.25, -0.2) is 4.98 Å². The Labute approximate surface area is 234 Å². The molecule has 0 bridgehead atoms. The van der Waals surface area contributed by atoms with Crippen molar-refractivity contribution in [3.05, 3.63) is 106 Å². The van der Waals surface area contributed by atoms with Crippen LogP contribution in [0.15, 0.2) is 77.3 Å². The molecule has 0 fully saturated rings. The zero-order valence-electron chi connectivity index (χ0n) is 32.2. The molecule has 0 saturated carbocycles. The zero-order valence-corrected chi connectivity index (χ0v) is 20.2. The second-order valence-electron chi connectivity index (χ2n) is 9.18. The average molecular weight is 495 g/mol. The number of furan rings is 1. The number of aromatic nitrogens is 2. The van der Waals surface area contributed by atoms with E-state index in [1.54, 1.807) is 30.3 Å². The van der Waals surface area contributed by atoms with Gasteiger partial charge in [-0.3, -0.25) is 4.98 Å². The van der Waals surface area contributed by atoms with Crippen LogP contribution in [0.2, 0.25) is 0 Å². The van der Waals surface area contributed by atoms with Crippen LogP contribution in [0.5, 0.6) is 0 Å². The van der Waals surface area contributed by atoms with Crippen LogP contribution < -0.4 is 0 Å². The number of nitrogens with zero attached hydrogens (tertiary/aromatic N) is 2. The second kappa shape index (κ2) is 8.70. The Kier molecular flexibility index (Phi) is 3.14. The van der Waals surface area contributed by atoms with E-state index in [-0.39, 0.29) is 44.9 Å². The van der Waals surface area contributed by atoms with Crippen molar-refractivity contribution in [3.63, 3.8) is 0 Å². The van der Waals surface area contributed by atoms with E-state index in [2.05, 4.69) is 9.97 Å². The first-order valence-electron chi connectivity index (χ1n) is 17.8. The molecular formula is C34H30N2O. The largest absolute Gasteiger partial charge is 0.437 e. The molecule has 0 N–H and O–H groups in total. The minimum absolute atomic E-state index is 0.0234. The lowest BCUT2D eigenvalue weighted by Crippen LogP contribution is -1.96. The number of pyridine rings is 2. The molecule has 0 aliphatic heterocycles. The molecule has 0 spiro atoms. The molecule has 6 rings (SSSR count). The molecule has 3 heteroatoms. The SMILES string of the molecule is [2H]C([2H])([2H])c1ccc2c(n1)oc1c(-c3cc(-c4ccc(-c5ccc(C)cc5C)c(C([2H])([2H])[2H])c4C([2H])([2H])[2H])c(C([2H])([2H])[2H])cn3)cccc12. The summed E-state index contributed by atoms with van der Waals surface area (Å²) in [7, 11) is 0. The van der Waals surface area contributed by atoms with Gasteiger partial charge in [0.05, 0.1) is 5.69 Å². The van der Waals surface area contributed by atoms with E-state index in [0.29, 0.717) is 27.5 Å². The van der Waals surface area contributed by atoms with Gasteiger partial charge >= 0.3 is 0 Å². The van der Waals surface area contributed by atoms with Gasteiger partial charge in [0.15, 0.2) is 0 Å². The second-order valence-corrected chi connectivity index (χ2v) is 9.18. The number of hydrogen-bond donors (Lipinski definition) is 0. The predicted molar refractivity (Wildman–Crippen MR) is 154 cm³/mol. The third-order valence-electron chi connectivity index (χ3n) is 6.71. The van der Waals surface area contributed by atoms with Crippen molar-refractivity contribution >= 4 is 22.1 Å². The van der Waals surface area contributed by atoms with Crippen molar-refractivity contribution in [2.45, 2.75) is 41.3 Å². The first kappa shape index (κ1) is 13.3. The van der Waals surface area contributed by atoms with Gasteiger partial charge in [-0.1, -0.05) is 48.0 Å². The quantitative estimate of drug-likeness (QED) is 0.246. The maximum atomic E-state index is 8.57. The van der Waals surface area contributed by atoms with Gasteiger partial charge in [0.2, 0.25) is 5.71 Å². The van der Waals surface area contributed by atoms with Gasteiger partial charge in [-0.2, -0.15) is 0 Å². The lowest BCUT2D eigenvalue weighted by atomic mass is 9.87. The summed E-state index contributed by atoms with van der Waals surface area (Å²) in [5.74, 6) is 0. The Balaban J connectivity index is 1.66. The number of fused-ring (bicyclic) bond motifs is 3. The van der Waals surface area contributed by atoms with Crippen LogP contribution in [0, 0.1) is 41.3 Å². The molecule has 0 amide bonds. The van der Waals surface area contributed by atoms with Crippen molar-refractivity contribution in [1.82, 2.24) is 9.97 Å². The summed E-state index contributed by atoms with van der Waals surface area (Å²) in [6.45, 7) is -7.35. The highest BCUT2D eigenvalue weighted by Gasteiger charge is 2.17. The van der Waals surface area contributed by atoms with E-state index >= 15 is 0 Å². The highest BCUT2D eigenvalue weighted by atomic mass is 16.3. The topological polar surface area (TPSA) is 38.9 Å². The molecule has 3 nitrogen and oxygen atoms in total. The standard InChI is InChI=1S/C34H30N2O/c1-19-10-12-25(20(2)16-19)26-14-15-27(24(6)23(26)5)31-17-32(35-18-21(31)3)30-9-7-8-28-29-13-11-22(4)36-34(29)37-33(28)30/h7-18H,1-6H3/i3D3,4D3,5D3,6D3. The number of aryl methyl sites for hydroxylation is 4. The molecule has 0 saturated heterocycles. The van der Waals surface area contributed by atoms with Crippen LogP contribution in [-0.2, 0) is 0 Å². The smallest absolute Gasteiger partial charge is 0.227 e. The van der Waals surface area contributed by atoms with Gasteiger partial charge < -0.3 is 4.42 Å². The molecule has 0 aliphatic rings. The molecule has 0 unspecified atom stereocenters. The fraction of sp³-hybridized carbons (Fsp3) is 0.176. The Hall–Kier alpha value is -4.24. The summed E-state index contributed by atoms with van der Waals surface area (Å²) in [5.41, 5.74) is 2.11. The average Bonchev–Trinajstić information content (AvgIpc) is 3.37. The van der Waals surface area contributed by atoms with Gasteiger partial charge in [0, 0.05) is 44.7 Å². The van der Waals surface area contributed by atoms with Gasteiger partial charge in [0.1, 0.15) is 5.58 Å². The summed E-state index contributed by atoms with van der Waals surface area (Å²) in [4.78, 5) is 8.65. The van der Waals surface area contributed by atoms with E-state index < -0.39 is 33.0 Å². The van der Waals surface area contributed by atoms with Gasteiger partial charge in [-0.05, 0) is 110 Å². The summed E-state index contributed by atoms with van der Waals surface area (Å²) < 4.78 is 105. The van der Waals surface area contributed by atoms with E-state index in [1.165, 1.54) is 24.3 Å². The van der Waals surface area contributed by atoms with E-state index in [1.807, 2.05) is 26.0 Å². The molecule has 37 heavy (non-hydrogen) atoms. The van der Waals surface area contributed by atoms with Gasteiger partial charge in [0.25, 0.3) is 0 Å². The lowest BCUT2D eigenvalue weighted by Gasteiger charge is -2.17. The van der Waals surface area contributed by atoms with Crippen LogP contribution in [0.3, 0.4) is 0 Å². The normalized spacial score (nSPS) is 17.7. The third kappa shape index (κ3) is 3.82. The molecule has 0 radical (unpaired) electrons. The lowest BCUT2D eigenvalue weighted by molar-refractivity contribution is 0.653. The maximum Gasteiger partial charge on any atom is 0.227 e.